The van der Waals surface area contributed by atoms with Crippen LogP contribution >= 0.6 is 0 Å². The zero-order valence-corrected chi connectivity index (χ0v) is 14.6. The molecule has 4 rings (SSSR count). The van der Waals surface area contributed by atoms with Crippen molar-refractivity contribution in [2.24, 2.45) is 0 Å². The molecular weight excluding hydrogens is 360 g/mol. The van der Waals surface area contributed by atoms with E-state index in [1.807, 2.05) is 0 Å². The summed E-state index contributed by atoms with van der Waals surface area (Å²) in [7, 11) is 0. The molecular formula is C17H21F2N5O3. The maximum Gasteiger partial charge on any atom is 0.255 e. The Morgan fingerprint density at radius 1 is 1.30 bits per heavy atom. The third kappa shape index (κ3) is 4.33. The van der Waals surface area contributed by atoms with Crippen LogP contribution in [-0.2, 0) is 11.3 Å². The highest BCUT2D eigenvalue weighted by molar-refractivity contribution is 5.42. The van der Waals surface area contributed by atoms with Crippen LogP contribution in [0.15, 0.2) is 18.3 Å². The highest BCUT2D eigenvalue weighted by atomic mass is 19.3. The molecule has 146 valence electrons. The van der Waals surface area contributed by atoms with Crippen LogP contribution in [0, 0.1) is 0 Å². The highest BCUT2D eigenvalue weighted by Gasteiger charge is 2.35. The molecule has 0 atom stereocenters. The summed E-state index contributed by atoms with van der Waals surface area (Å²) in [5.74, 6) is -1.45. The molecule has 3 heterocycles. The van der Waals surface area contributed by atoms with Crippen LogP contribution in [-0.4, -0.2) is 56.1 Å². The fourth-order valence-corrected chi connectivity index (χ4v) is 3.05. The zero-order valence-electron chi connectivity index (χ0n) is 14.6. The molecule has 2 aromatic rings. The third-order valence-electron chi connectivity index (χ3n) is 4.67. The van der Waals surface area contributed by atoms with E-state index in [0.29, 0.717) is 43.4 Å². The van der Waals surface area contributed by atoms with Crippen molar-refractivity contribution >= 4 is 5.82 Å². The minimum Gasteiger partial charge on any atom is -0.469 e. The lowest BCUT2D eigenvalue weighted by atomic mass is 9.92. The lowest BCUT2D eigenvalue weighted by Gasteiger charge is -2.29. The van der Waals surface area contributed by atoms with E-state index in [0.717, 1.165) is 0 Å². The molecule has 1 saturated carbocycles. The molecule has 2 aromatic heterocycles. The maximum absolute atomic E-state index is 13.4. The van der Waals surface area contributed by atoms with Crippen LogP contribution in [0.4, 0.5) is 14.6 Å². The molecule has 10 heteroatoms. The monoisotopic (exact) mass is 381 g/mol. The second-order valence-electron chi connectivity index (χ2n) is 6.85. The van der Waals surface area contributed by atoms with Gasteiger partial charge >= 0.3 is 0 Å². The summed E-state index contributed by atoms with van der Waals surface area (Å²) in [6.07, 6.45) is 2.04. The molecule has 1 aliphatic carbocycles. The lowest BCUT2D eigenvalue weighted by molar-refractivity contribution is -0.0813. The Hall–Kier alpha value is -2.33. The predicted molar refractivity (Wildman–Crippen MR) is 91.1 cm³/mol. The van der Waals surface area contributed by atoms with Gasteiger partial charge in [0, 0.05) is 31.1 Å². The normalized spacial score (nSPS) is 20.3. The van der Waals surface area contributed by atoms with Gasteiger partial charge in [0.25, 0.3) is 5.95 Å². The Balaban J connectivity index is 1.55. The Labute approximate surface area is 154 Å². The van der Waals surface area contributed by atoms with Crippen molar-refractivity contribution in [1.82, 2.24) is 19.7 Å². The Kier molecular flexibility index (Phi) is 4.92. The van der Waals surface area contributed by atoms with E-state index in [9.17, 15) is 13.9 Å². The number of rotatable bonds is 6. The Morgan fingerprint density at radius 3 is 2.70 bits per heavy atom. The molecule has 0 unspecified atom stereocenters. The maximum atomic E-state index is 13.4. The van der Waals surface area contributed by atoms with Crippen molar-refractivity contribution in [2.75, 3.05) is 18.5 Å². The van der Waals surface area contributed by atoms with Gasteiger partial charge in [0.1, 0.15) is 11.9 Å². The molecule has 0 spiro atoms. The first-order valence-electron chi connectivity index (χ1n) is 8.94. The molecule has 0 aromatic carbocycles. The van der Waals surface area contributed by atoms with E-state index in [-0.39, 0.29) is 37.5 Å². The topological polar surface area (TPSA) is 94.3 Å². The second kappa shape index (κ2) is 7.35. The average molecular weight is 381 g/mol. The highest BCUT2D eigenvalue weighted by Crippen LogP contribution is 2.34. The fourth-order valence-electron chi connectivity index (χ4n) is 3.05. The van der Waals surface area contributed by atoms with E-state index in [2.05, 4.69) is 20.4 Å². The zero-order chi connectivity index (χ0) is 18.9. The summed E-state index contributed by atoms with van der Waals surface area (Å²) in [6.45, 7) is 0.802. The number of aliphatic hydroxyl groups excluding tert-OH is 1. The van der Waals surface area contributed by atoms with Gasteiger partial charge in [-0.15, -0.1) is 0 Å². The SMILES string of the molecule is OCc1ccn(-c2nc(NC3CCC(F)(F)CC3)cc(OC3COC3)n2)n1. The first-order valence-corrected chi connectivity index (χ1v) is 8.94. The van der Waals surface area contributed by atoms with Gasteiger partial charge in [0.15, 0.2) is 0 Å². The molecule has 1 saturated heterocycles. The predicted octanol–water partition coefficient (Wildman–Crippen LogP) is 1.92. The summed E-state index contributed by atoms with van der Waals surface area (Å²) in [5.41, 5.74) is 0.487. The standard InChI is InChI=1S/C17H21F2N5O3/c18-17(19)4-1-11(2-5-17)20-14-7-15(27-13-9-26-10-13)22-16(21-14)24-6-3-12(8-25)23-24/h3,6-7,11,13,25H,1-2,4-5,8-10H2,(H,20,21,22). The Morgan fingerprint density at radius 2 is 2.07 bits per heavy atom. The van der Waals surface area contributed by atoms with Gasteiger partial charge in [0.2, 0.25) is 11.8 Å². The first kappa shape index (κ1) is 18.1. The number of ether oxygens (including phenoxy) is 2. The summed E-state index contributed by atoms with van der Waals surface area (Å²) in [4.78, 5) is 8.79. The fraction of sp³-hybridized carbons (Fsp3) is 0.588. The molecule has 1 aliphatic heterocycles. The van der Waals surface area contributed by atoms with Crippen LogP contribution in [0.1, 0.15) is 31.4 Å². The van der Waals surface area contributed by atoms with Crippen LogP contribution in [0.5, 0.6) is 5.88 Å². The minimum atomic E-state index is -2.58. The van der Waals surface area contributed by atoms with Gasteiger partial charge in [-0.25, -0.2) is 13.5 Å². The molecule has 0 amide bonds. The molecule has 2 aliphatic rings. The van der Waals surface area contributed by atoms with Gasteiger partial charge in [0.05, 0.1) is 25.5 Å². The van der Waals surface area contributed by atoms with Gasteiger partial charge in [-0.05, 0) is 18.9 Å². The summed E-state index contributed by atoms with van der Waals surface area (Å²) in [6, 6.07) is 3.23. The molecule has 2 fully saturated rings. The van der Waals surface area contributed by atoms with Crippen molar-refractivity contribution in [2.45, 2.75) is 50.4 Å². The van der Waals surface area contributed by atoms with E-state index < -0.39 is 5.92 Å². The smallest absolute Gasteiger partial charge is 0.255 e. The van der Waals surface area contributed by atoms with Crippen molar-refractivity contribution in [3.8, 4) is 11.8 Å². The van der Waals surface area contributed by atoms with Crippen LogP contribution < -0.4 is 10.1 Å². The molecule has 0 radical (unpaired) electrons. The van der Waals surface area contributed by atoms with Gasteiger partial charge in [-0.3, -0.25) is 0 Å². The van der Waals surface area contributed by atoms with Crippen molar-refractivity contribution < 1.29 is 23.4 Å². The summed E-state index contributed by atoms with van der Waals surface area (Å²) >= 11 is 0. The van der Waals surface area contributed by atoms with Crippen LogP contribution in [0.3, 0.4) is 0 Å². The van der Waals surface area contributed by atoms with E-state index in [1.54, 1.807) is 18.3 Å². The second-order valence-corrected chi connectivity index (χ2v) is 6.85. The Bertz CT molecular complexity index is 787. The number of nitrogens with zero attached hydrogens (tertiary/aromatic N) is 4. The largest absolute Gasteiger partial charge is 0.469 e. The van der Waals surface area contributed by atoms with E-state index in [1.165, 1.54) is 4.68 Å². The van der Waals surface area contributed by atoms with Crippen molar-refractivity contribution in [3.63, 3.8) is 0 Å². The molecule has 27 heavy (non-hydrogen) atoms. The van der Waals surface area contributed by atoms with E-state index >= 15 is 0 Å². The number of aliphatic hydroxyl groups is 1. The van der Waals surface area contributed by atoms with Crippen molar-refractivity contribution in [1.29, 1.82) is 0 Å². The van der Waals surface area contributed by atoms with Gasteiger partial charge < -0.3 is 19.9 Å². The third-order valence-corrected chi connectivity index (χ3v) is 4.67. The lowest BCUT2D eigenvalue weighted by Crippen LogP contribution is -2.39. The number of nitrogens with one attached hydrogen (secondary N) is 1. The summed E-state index contributed by atoms with van der Waals surface area (Å²) < 4.78 is 39.1. The van der Waals surface area contributed by atoms with Gasteiger partial charge in [-0.1, -0.05) is 0 Å². The van der Waals surface area contributed by atoms with Crippen LogP contribution in [0.2, 0.25) is 0 Å². The number of aromatic nitrogens is 4. The first-order chi connectivity index (χ1) is 13.0. The quantitative estimate of drug-likeness (QED) is 0.789. The minimum absolute atomic E-state index is 0.0698. The van der Waals surface area contributed by atoms with Crippen molar-refractivity contribution in [3.05, 3.63) is 24.0 Å². The van der Waals surface area contributed by atoms with E-state index in [4.69, 9.17) is 9.47 Å². The molecule has 2 N–H and O–H groups in total. The number of anilines is 1. The molecule has 8 nitrogen and oxygen atoms in total. The van der Waals surface area contributed by atoms with Gasteiger partial charge in [-0.2, -0.15) is 15.1 Å². The molecule has 0 bridgehead atoms. The van der Waals surface area contributed by atoms with Crippen LogP contribution in [0.25, 0.3) is 5.95 Å². The average Bonchev–Trinajstić information content (AvgIpc) is 3.09. The number of hydrogen-bond donors (Lipinski definition) is 2. The number of alkyl halides is 2. The summed E-state index contributed by atoms with van der Waals surface area (Å²) in [5, 5.41) is 16.6. The number of hydrogen-bond acceptors (Lipinski definition) is 7. The number of halogens is 2.